The number of hydrogen-bond donors (Lipinski definition) is 0. The maximum atomic E-state index is 11.0. The minimum absolute atomic E-state index is 0.173. The number of thiazole rings is 1. The van der Waals surface area contributed by atoms with Gasteiger partial charge >= 0.3 is 5.69 Å². The van der Waals surface area contributed by atoms with Gasteiger partial charge in [-0.2, -0.15) is 0 Å². The van der Waals surface area contributed by atoms with Crippen molar-refractivity contribution >= 4 is 50.6 Å². The summed E-state index contributed by atoms with van der Waals surface area (Å²) >= 11 is 8.30. The van der Waals surface area contributed by atoms with Gasteiger partial charge in [-0.25, -0.2) is 15.0 Å². The van der Waals surface area contributed by atoms with Crippen LogP contribution >= 0.6 is 34.7 Å². The Kier molecular flexibility index (Phi) is 3.51. The van der Waals surface area contributed by atoms with E-state index in [1.165, 1.54) is 17.7 Å². The molecule has 9 heteroatoms. The lowest BCUT2D eigenvalue weighted by Crippen LogP contribution is -1.96. The first kappa shape index (κ1) is 13.2. The van der Waals surface area contributed by atoms with E-state index in [1.807, 2.05) is 24.3 Å². The topological polar surface area (TPSA) is 81.8 Å². The number of aromatic nitrogens is 3. The van der Waals surface area contributed by atoms with Crippen LogP contribution in [0.4, 0.5) is 5.69 Å². The molecule has 0 saturated carbocycles. The number of fused-ring (bicyclic) bond motifs is 1. The fourth-order valence-corrected chi connectivity index (χ4v) is 3.85. The van der Waals surface area contributed by atoms with Crippen LogP contribution in [0.2, 0.25) is 5.15 Å². The maximum absolute atomic E-state index is 11.0. The number of halogens is 1. The molecule has 0 spiro atoms. The summed E-state index contributed by atoms with van der Waals surface area (Å²) in [7, 11) is 0. The number of hydrogen-bond acceptors (Lipinski definition) is 7. The molecule has 20 heavy (non-hydrogen) atoms. The summed E-state index contributed by atoms with van der Waals surface area (Å²) < 4.78 is 1.68. The molecular weight excluding hydrogens is 320 g/mol. The van der Waals surface area contributed by atoms with Crippen molar-refractivity contribution in [1.29, 1.82) is 0 Å². The lowest BCUT2D eigenvalue weighted by Gasteiger charge is -1.99. The van der Waals surface area contributed by atoms with Gasteiger partial charge in [-0.15, -0.1) is 11.3 Å². The van der Waals surface area contributed by atoms with Crippen molar-refractivity contribution in [3.8, 4) is 0 Å². The Labute approximate surface area is 126 Å². The van der Waals surface area contributed by atoms with Gasteiger partial charge in [0, 0.05) is 0 Å². The van der Waals surface area contributed by atoms with Crippen LogP contribution in [-0.4, -0.2) is 19.9 Å². The number of rotatable bonds is 3. The molecule has 0 aliphatic carbocycles. The number of nitro groups is 1. The lowest BCUT2D eigenvalue weighted by atomic mass is 10.3. The van der Waals surface area contributed by atoms with Crippen LogP contribution in [0.1, 0.15) is 0 Å². The predicted octanol–water partition coefficient (Wildman–Crippen LogP) is 3.80. The van der Waals surface area contributed by atoms with Gasteiger partial charge in [-0.1, -0.05) is 23.7 Å². The van der Waals surface area contributed by atoms with Crippen LogP contribution in [0.5, 0.6) is 0 Å². The fraction of sp³-hybridized carbons (Fsp3) is 0. The van der Waals surface area contributed by atoms with Gasteiger partial charge in [0.05, 0.1) is 15.1 Å². The molecule has 0 radical (unpaired) electrons. The molecule has 0 aliphatic heterocycles. The van der Waals surface area contributed by atoms with Crippen molar-refractivity contribution in [3.05, 3.63) is 45.9 Å². The van der Waals surface area contributed by atoms with Gasteiger partial charge in [-0.05, 0) is 23.9 Å². The first-order valence-electron chi connectivity index (χ1n) is 5.33. The zero-order chi connectivity index (χ0) is 14.1. The molecule has 0 unspecified atom stereocenters. The van der Waals surface area contributed by atoms with Crippen molar-refractivity contribution in [2.75, 3.05) is 0 Å². The highest BCUT2D eigenvalue weighted by Crippen LogP contribution is 2.39. The Morgan fingerprint density at radius 2 is 2.10 bits per heavy atom. The van der Waals surface area contributed by atoms with Gasteiger partial charge in [0.25, 0.3) is 0 Å². The third kappa shape index (κ3) is 2.45. The Morgan fingerprint density at radius 1 is 1.30 bits per heavy atom. The van der Waals surface area contributed by atoms with E-state index in [9.17, 15) is 10.1 Å². The van der Waals surface area contributed by atoms with E-state index in [1.54, 1.807) is 0 Å². The van der Waals surface area contributed by atoms with Crippen molar-refractivity contribution in [3.63, 3.8) is 0 Å². The highest BCUT2D eigenvalue weighted by molar-refractivity contribution is 8.01. The highest BCUT2D eigenvalue weighted by Gasteiger charge is 2.23. The molecule has 100 valence electrons. The molecule has 3 aromatic rings. The monoisotopic (exact) mass is 324 g/mol. The standard InChI is InChI=1S/C11H5ClN4O2S2/c12-9-8(16(17)18)10(14-5-13-9)20-11-15-6-3-1-2-4-7(6)19-11/h1-5H. The first-order valence-corrected chi connectivity index (χ1v) is 7.34. The van der Waals surface area contributed by atoms with Crippen LogP contribution in [-0.2, 0) is 0 Å². The predicted molar refractivity (Wildman–Crippen MR) is 77.4 cm³/mol. The third-order valence-corrected chi connectivity index (χ3v) is 4.75. The first-order chi connectivity index (χ1) is 9.65. The Hall–Kier alpha value is -1.77. The fourth-order valence-electron chi connectivity index (χ4n) is 1.55. The molecule has 0 saturated heterocycles. The molecule has 0 bridgehead atoms. The Morgan fingerprint density at radius 3 is 2.85 bits per heavy atom. The molecule has 0 N–H and O–H groups in total. The largest absolute Gasteiger partial charge is 0.338 e. The molecule has 6 nitrogen and oxygen atoms in total. The van der Waals surface area contributed by atoms with E-state index >= 15 is 0 Å². The smallest absolute Gasteiger partial charge is 0.258 e. The van der Waals surface area contributed by atoms with E-state index in [2.05, 4.69) is 15.0 Å². The van der Waals surface area contributed by atoms with E-state index in [0.29, 0.717) is 4.34 Å². The van der Waals surface area contributed by atoms with E-state index in [4.69, 9.17) is 11.6 Å². The molecule has 1 aromatic carbocycles. The van der Waals surface area contributed by atoms with Gasteiger partial charge in [0.15, 0.2) is 9.37 Å². The Bertz CT molecular complexity index is 775. The SMILES string of the molecule is O=[N+]([O-])c1c(Cl)ncnc1Sc1nc2ccccc2s1. The molecule has 3 rings (SSSR count). The second kappa shape index (κ2) is 5.31. The van der Waals surface area contributed by atoms with Crippen LogP contribution < -0.4 is 0 Å². The summed E-state index contributed by atoms with van der Waals surface area (Å²) in [4.78, 5) is 22.4. The van der Waals surface area contributed by atoms with Crippen LogP contribution in [0, 0.1) is 10.1 Å². The van der Waals surface area contributed by atoms with Crippen LogP contribution in [0.15, 0.2) is 40.0 Å². The molecule has 0 amide bonds. The average molecular weight is 325 g/mol. The van der Waals surface area contributed by atoms with E-state index in [-0.39, 0.29) is 15.9 Å². The molecular formula is C11H5ClN4O2S2. The minimum atomic E-state index is -0.585. The summed E-state index contributed by atoms with van der Waals surface area (Å²) in [5.41, 5.74) is 0.557. The maximum Gasteiger partial charge on any atom is 0.338 e. The van der Waals surface area contributed by atoms with E-state index < -0.39 is 4.92 Å². The van der Waals surface area contributed by atoms with Crippen LogP contribution in [0.3, 0.4) is 0 Å². The molecule has 0 fully saturated rings. The zero-order valence-electron chi connectivity index (χ0n) is 9.69. The van der Waals surface area contributed by atoms with Gasteiger partial charge < -0.3 is 0 Å². The van der Waals surface area contributed by atoms with Crippen molar-refractivity contribution in [2.24, 2.45) is 0 Å². The second-order valence-corrected chi connectivity index (χ2v) is 6.25. The minimum Gasteiger partial charge on any atom is -0.258 e. The zero-order valence-corrected chi connectivity index (χ0v) is 12.1. The summed E-state index contributed by atoms with van der Waals surface area (Å²) in [5.74, 6) is 0. The van der Waals surface area contributed by atoms with E-state index in [0.717, 1.165) is 22.0 Å². The van der Waals surface area contributed by atoms with Gasteiger partial charge in [0.2, 0.25) is 5.15 Å². The van der Waals surface area contributed by atoms with Gasteiger partial charge in [0.1, 0.15) is 6.33 Å². The summed E-state index contributed by atoms with van der Waals surface area (Å²) in [6.45, 7) is 0. The average Bonchev–Trinajstić information content (AvgIpc) is 2.80. The second-order valence-electron chi connectivity index (χ2n) is 3.62. The Balaban J connectivity index is 2.02. The molecule has 0 aliphatic rings. The van der Waals surface area contributed by atoms with Crippen molar-refractivity contribution < 1.29 is 4.92 Å². The normalized spacial score (nSPS) is 10.8. The molecule has 0 atom stereocenters. The molecule has 2 aromatic heterocycles. The number of para-hydroxylation sites is 1. The third-order valence-electron chi connectivity index (χ3n) is 2.38. The van der Waals surface area contributed by atoms with Gasteiger partial charge in [-0.3, -0.25) is 10.1 Å². The van der Waals surface area contributed by atoms with Crippen LogP contribution in [0.25, 0.3) is 10.2 Å². The molecule has 2 heterocycles. The number of benzene rings is 1. The quantitative estimate of drug-likeness (QED) is 0.414. The highest BCUT2D eigenvalue weighted by atomic mass is 35.5. The number of nitrogens with zero attached hydrogens (tertiary/aromatic N) is 4. The van der Waals surface area contributed by atoms with Crippen molar-refractivity contribution in [1.82, 2.24) is 15.0 Å². The summed E-state index contributed by atoms with van der Waals surface area (Å²) in [6.07, 6.45) is 1.20. The van der Waals surface area contributed by atoms with Crippen molar-refractivity contribution in [2.45, 2.75) is 9.37 Å². The summed E-state index contributed by atoms with van der Waals surface area (Å²) in [5, 5.41) is 11.0. The lowest BCUT2D eigenvalue weighted by molar-refractivity contribution is -0.388. The summed E-state index contributed by atoms with van der Waals surface area (Å²) in [6, 6.07) is 7.63.